The van der Waals surface area contributed by atoms with Crippen molar-refractivity contribution in [1.82, 2.24) is 9.97 Å². The van der Waals surface area contributed by atoms with E-state index in [2.05, 4.69) is 25.9 Å². The average Bonchev–Trinajstić information content (AvgIpc) is 2.98. The van der Waals surface area contributed by atoms with Gasteiger partial charge in [-0.05, 0) is 25.0 Å². The van der Waals surface area contributed by atoms with Crippen LogP contribution in [0.1, 0.15) is 24.5 Å². The average molecular weight is 332 g/mol. The van der Waals surface area contributed by atoms with Gasteiger partial charge in [-0.15, -0.1) is 0 Å². The predicted octanol–water partition coefficient (Wildman–Crippen LogP) is 5.02. The first-order valence-corrected chi connectivity index (χ1v) is 6.90. The fraction of sp³-hybridized carbons (Fsp3) is 0.250. The molecule has 0 unspecified atom stereocenters. The molecular weight excluding hydrogens is 323 g/mol. The number of aromatic amines is 1. The van der Waals surface area contributed by atoms with Gasteiger partial charge in [0.15, 0.2) is 0 Å². The normalized spacial score (nSPS) is 15.2. The minimum absolute atomic E-state index is 0.598. The van der Waals surface area contributed by atoms with Gasteiger partial charge in [0.2, 0.25) is 0 Å². The first-order valence-electron chi connectivity index (χ1n) is 5.35. The summed E-state index contributed by atoms with van der Waals surface area (Å²) in [5.41, 5.74) is 1.94. The number of halogens is 3. The third kappa shape index (κ3) is 2.24. The van der Waals surface area contributed by atoms with Crippen LogP contribution in [0.4, 0.5) is 0 Å². The Hall–Kier alpha value is -0.510. The molecular formula is C12H9BrCl2N2. The van der Waals surface area contributed by atoms with Crippen LogP contribution in [0.25, 0.3) is 11.4 Å². The van der Waals surface area contributed by atoms with Gasteiger partial charge < -0.3 is 4.98 Å². The summed E-state index contributed by atoms with van der Waals surface area (Å²) in [7, 11) is 0. The molecule has 2 aromatic rings. The molecule has 0 saturated heterocycles. The Morgan fingerprint density at radius 3 is 2.47 bits per heavy atom. The van der Waals surface area contributed by atoms with Gasteiger partial charge in [-0.1, -0.05) is 39.1 Å². The number of rotatable bonds is 2. The Kier molecular flexibility index (Phi) is 2.93. The van der Waals surface area contributed by atoms with E-state index in [1.807, 2.05) is 18.3 Å². The number of H-pyrrole nitrogens is 1. The number of hydrogen-bond acceptors (Lipinski definition) is 1. The number of aromatic nitrogens is 2. The maximum absolute atomic E-state index is 6.20. The minimum Gasteiger partial charge on any atom is -0.342 e. The van der Waals surface area contributed by atoms with Crippen molar-refractivity contribution in [1.29, 1.82) is 0 Å². The molecule has 0 atom stereocenters. The van der Waals surface area contributed by atoms with Crippen LogP contribution in [0.15, 0.2) is 22.8 Å². The van der Waals surface area contributed by atoms with Crippen LogP contribution in [0, 0.1) is 0 Å². The predicted molar refractivity (Wildman–Crippen MR) is 73.7 cm³/mol. The van der Waals surface area contributed by atoms with Crippen molar-refractivity contribution in [2.45, 2.75) is 18.8 Å². The molecule has 1 N–H and O–H groups in total. The molecule has 17 heavy (non-hydrogen) atoms. The summed E-state index contributed by atoms with van der Waals surface area (Å²) in [6.45, 7) is 0. The first kappa shape index (κ1) is 11.6. The molecule has 1 aliphatic rings. The Morgan fingerprint density at radius 1 is 1.24 bits per heavy atom. The number of benzene rings is 1. The van der Waals surface area contributed by atoms with E-state index >= 15 is 0 Å². The fourth-order valence-electron chi connectivity index (χ4n) is 1.83. The first-order chi connectivity index (χ1) is 8.15. The van der Waals surface area contributed by atoms with Gasteiger partial charge in [0.25, 0.3) is 0 Å². The lowest BCUT2D eigenvalue weighted by molar-refractivity contribution is 1.05. The van der Waals surface area contributed by atoms with Crippen LogP contribution in [0.3, 0.4) is 0 Å². The molecule has 1 aromatic carbocycles. The van der Waals surface area contributed by atoms with Gasteiger partial charge in [0.05, 0.1) is 15.6 Å². The van der Waals surface area contributed by atoms with Crippen molar-refractivity contribution in [3.63, 3.8) is 0 Å². The van der Waals surface area contributed by atoms with E-state index in [9.17, 15) is 0 Å². The molecule has 1 fully saturated rings. The van der Waals surface area contributed by atoms with Crippen LogP contribution >= 0.6 is 39.1 Å². The highest BCUT2D eigenvalue weighted by Gasteiger charge is 2.26. The second kappa shape index (κ2) is 4.30. The maximum Gasteiger partial charge on any atom is 0.140 e. The monoisotopic (exact) mass is 330 g/mol. The summed E-state index contributed by atoms with van der Waals surface area (Å²) < 4.78 is 0.866. The minimum atomic E-state index is 0.598. The van der Waals surface area contributed by atoms with E-state index < -0.39 is 0 Å². The Bertz CT molecular complexity index is 553. The summed E-state index contributed by atoms with van der Waals surface area (Å²) >= 11 is 15.8. The van der Waals surface area contributed by atoms with Crippen LogP contribution < -0.4 is 0 Å². The second-order valence-corrected chi connectivity index (χ2v) is 5.94. The van der Waals surface area contributed by atoms with Crippen LogP contribution in [0.2, 0.25) is 10.0 Å². The molecule has 5 heteroatoms. The number of nitrogens with one attached hydrogen (secondary N) is 1. The van der Waals surface area contributed by atoms with Gasteiger partial charge in [-0.25, -0.2) is 4.98 Å². The Balaban J connectivity index is 2.07. The van der Waals surface area contributed by atoms with Crippen LogP contribution in [-0.4, -0.2) is 9.97 Å². The topological polar surface area (TPSA) is 28.7 Å². The fourth-order valence-corrected chi connectivity index (χ4v) is 3.22. The summed E-state index contributed by atoms with van der Waals surface area (Å²) in [4.78, 5) is 7.66. The van der Waals surface area contributed by atoms with Gasteiger partial charge in [-0.3, -0.25) is 0 Å². The van der Waals surface area contributed by atoms with Crippen molar-refractivity contribution in [3.05, 3.63) is 38.5 Å². The zero-order valence-corrected chi connectivity index (χ0v) is 11.9. The number of imidazole rings is 1. The van der Waals surface area contributed by atoms with Gasteiger partial charge in [-0.2, -0.15) is 0 Å². The SMILES string of the molecule is Clc1cc(Br)cc(Cl)c1-c1ncc(C2CC2)[nH]1. The van der Waals surface area contributed by atoms with Crippen molar-refractivity contribution in [2.75, 3.05) is 0 Å². The summed E-state index contributed by atoms with van der Waals surface area (Å²) in [5, 5.41) is 1.20. The lowest BCUT2D eigenvalue weighted by atomic mass is 10.2. The smallest absolute Gasteiger partial charge is 0.140 e. The van der Waals surface area contributed by atoms with Crippen molar-refractivity contribution >= 4 is 39.1 Å². The van der Waals surface area contributed by atoms with Crippen molar-refractivity contribution in [2.24, 2.45) is 0 Å². The molecule has 2 nitrogen and oxygen atoms in total. The van der Waals surface area contributed by atoms with E-state index in [0.29, 0.717) is 16.0 Å². The highest BCUT2D eigenvalue weighted by Crippen LogP contribution is 2.41. The molecule has 0 bridgehead atoms. The zero-order chi connectivity index (χ0) is 12.0. The van der Waals surface area contributed by atoms with Crippen LogP contribution in [0.5, 0.6) is 0 Å². The quantitative estimate of drug-likeness (QED) is 0.822. The molecule has 0 spiro atoms. The van der Waals surface area contributed by atoms with Gasteiger partial charge in [0.1, 0.15) is 5.82 Å². The Labute approximate surface area is 117 Å². The summed E-state index contributed by atoms with van der Waals surface area (Å²) in [6, 6.07) is 3.64. The van der Waals surface area contributed by atoms with Gasteiger partial charge in [0, 0.05) is 22.3 Å². The molecule has 0 radical (unpaired) electrons. The third-order valence-corrected chi connectivity index (χ3v) is 3.91. The van der Waals surface area contributed by atoms with E-state index in [4.69, 9.17) is 23.2 Å². The zero-order valence-electron chi connectivity index (χ0n) is 8.80. The van der Waals surface area contributed by atoms with E-state index in [1.165, 1.54) is 18.5 Å². The van der Waals surface area contributed by atoms with Crippen LogP contribution in [-0.2, 0) is 0 Å². The second-order valence-electron chi connectivity index (χ2n) is 4.21. The molecule has 0 amide bonds. The number of nitrogens with zero attached hydrogens (tertiary/aromatic N) is 1. The lowest BCUT2D eigenvalue weighted by Gasteiger charge is -2.04. The Morgan fingerprint density at radius 2 is 1.88 bits per heavy atom. The molecule has 1 aliphatic carbocycles. The molecule has 88 valence electrons. The maximum atomic E-state index is 6.20. The molecule has 1 saturated carbocycles. The van der Waals surface area contributed by atoms with Crippen molar-refractivity contribution in [3.8, 4) is 11.4 Å². The molecule has 0 aliphatic heterocycles. The highest BCUT2D eigenvalue weighted by atomic mass is 79.9. The largest absolute Gasteiger partial charge is 0.342 e. The molecule has 3 rings (SSSR count). The summed E-state index contributed by atoms with van der Waals surface area (Å²) in [5.74, 6) is 1.39. The summed E-state index contributed by atoms with van der Waals surface area (Å²) in [6.07, 6.45) is 4.36. The lowest BCUT2D eigenvalue weighted by Crippen LogP contribution is -1.85. The number of hydrogen-bond donors (Lipinski definition) is 1. The van der Waals surface area contributed by atoms with E-state index in [1.54, 1.807) is 0 Å². The standard InChI is InChI=1S/C12H9BrCl2N2/c13-7-3-8(14)11(9(15)4-7)12-16-5-10(17-12)6-1-2-6/h3-6H,1-2H2,(H,16,17). The van der Waals surface area contributed by atoms with E-state index in [0.717, 1.165) is 15.9 Å². The van der Waals surface area contributed by atoms with Crippen molar-refractivity contribution < 1.29 is 0 Å². The highest BCUT2D eigenvalue weighted by molar-refractivity contribution is 9.10. The molecule has 1 heterocycles. The molecule has 1 aromatic heterocycles. The van der Waals surface area contributed by atoms with E-state index in [-0.39, 0.29) is 0 Å². The third-order valence-electron chi connectivity index (χ3n) is 2.86. The van der Waals surface area contributed by atoms with Gasteiger partial charge >= 0.3 is 0 Å².